The zero-order chi connectivity index (χ0) is 25.6. The largest absolute Gasteiger partial charge is 4.00 e. The third-order valence-electron chi connectivity index (χ3n) is 7.26. The van der Waals surface area contributed by atoms with Gasteiger partial charge in [0.05, 0.1) is 5.00 Å². The third kappa shape index (κ3) is 5.92. The van der Waals surface area contributed by atoms with Gasteiger partial charge in [0, 0.05) is 14.6 Å². The summed E-state index contributed by atoms with van der Waals surface area (Å²) in [4.78, 5) is 2.34. The maximum atomic E-state index is 3.74. The zero-order valence-corrected chi connectivity index (χ0v) is 29.5. The maximum absolute atomic E-state index is 3.74. The molecule has 5 aromatic rings. The smallest absolute Gasteiger partial charge is 1.00 e. The summed E-state index contributed by atoms with van der Waals surface area (Å²) in [7, 11) is 0. The molecule has 7 heteroatoms. The molecule has 0 amide bonds. The summed E-state index contributed by atoms with van der Waals surface area (Å²) in [5, 5.41) is 3.36. The number of allylic oxidation sites excluding steroid dienone is 2. The number of anilines is 3. The van der Waals surface area contributed by atoms with E-state index in [1.807, 2.05) is 6.07 Å². The SMILES string of the molecule is Brc1ccc2c3c1C([C-]=C3)c1ccc(cc1)N2c1cccs1.Brc1cccc2c1C(c1ccccc1)[C-]=C2.[Cl-].[Cl-].[Zr+4]. The molecule has 2 aliphatic carbocycles. The van der Waals surface area contributed by atoms with Crippen LogP contribution in [0.1, 0.15) is 45.2 Å². The Kier molecular flexibility index (Phi) is 10.8. The number of hydrogen-bond donors (Lipinski definition) is 0. The Bertz CT molecular complexity index is 1700. The minimum atomic E-state index is 0. The number of nitrogens with zero attached hydrogens (tertiary/aromatic N) is 1. The van der Waals surface area contributed by atoms with Crippen LogP contribution in [0.25, 0.3) is 12.2 Å². The number of benzene rings is 4. The van der Waals surface area contributed by atoms with Gasteiger partial charge in [-0.15, -0.1) is 34.1 Å². The van der Waals surface area contributed by atoms with Crippen molar-refractivity contribution in [1.29, 1.82) is 0 Å². The predicted molar refractivity (Wildman–Crippen MR) is 166 cm³/mol. The molecule has 200 valence electrons. The van der Waals surface area contributed by atoms with Crippen molar-refractivity contribution in [2.75, 3.05) is 4.90 Å². The molecular weight excluding hydrogens is 776 g/mol. The molecule has 1 nitrogen and oxygen atoms in total. The molecule has 6 bridgehead atoms. The Morgan fingerprint density at radius 1 is 0.634 bits per heavy atom. The zero-order valence-electron chi connectivity index (χ0n) is 21.5. The summed E-state index contributed by atoms with van der Waals surface area (Å²) in [6.07, 6.45) is 11.2. The van der Waals surface area contributed by atoms with Crippen LogP contribution in [-0.4, -0.2) is 0 Å². The molecule has 0 radical (unpaired) electrons. The van der Waals surface area contributed by atoms with E-state index in [4.69, 9.17) is 0 Å². The average molecular weight is 798 g/mol. The average Bonchev–Trinajstić information content (AvgIpc) is 3.73. The van der Waals surface area contributed by atoms with Crippen LogP contribution in [0.5, 0.6) is 0 Å². The molecule has 0 saturated heterocycles. The second-order valence-electron chi connectivity index (χ2n) is 9.41. The van der Waals surface area contributed by atoms with Crippen molar-refractivity contribution < 1.29 is 51.0 Å². The maximum Gasteiger partial charge on any atom is 4.00 e. The number of rotatable bonds is 2. The molecule has 0 saturated carbocycles. The fourth-order valence-electron chi connectivity index (χ4n) is 5.50. The fourth-order valence-corrected chi connectivity index (χ4v) is 7.45. The molecule has 2 aliphatic heterocycles. The summed E-state index contributed by atoms with van der Waals surface area (Å²) in [5.41, 5.74) is 10.2. The standard InChI is InChI=1S/C19H11BrNS.C15H10Br.2ClH.Zr/c20-16-9-10-17-15-8-7-14(19(15)16)12-3-5-13(6-4-12)21(17)18-2-1-11-22-18;16-14-8-4-7-12-9-10-13(15(12)14)11-5-2-1-3-6-11;;;/h1-6,8-11,14H;1-9,13H;2*1H;/q2*-1;;;+4/p-2. The molecule has 4 aromatic carbocycles. The summed E-state index contributed by atoms with van der Waals surface area (Å²) in [6.45, 7) is 0. The van der Waals surface area contributed by atoms with E-state index in [9.17, 15) is 0 Å². The first-order valence-corrected chi connectivity index (χ1v) is 14.9. The summed E-state index contributed by atoms with van der Waals surface area (Å²) in [6, 6.07) is 34.3. The molecule has 1 aromatic heterocycles. The monoisotopic (exact) mass is 793 g/mol. The van der Waals surface area contributed by atoms with Gasteiger partial charge in [-0.2, -0.15) is 5.56 Å². The first kappa shape index (κ1) is 32.2. The normalized spacial score (nSPS) is 16.2. The van der Waals surface area contributed by atoms with E-state index < -0.39 is 0 Å². The molecule has 4 aliphatic rings. The predicted octanol–water partition coefficient (Wildman–Crippen LogP) is 4.67. The van der Waals surface area contributed by atoms with Gasteiger partial charge >= 0.3 is 26.2 Å². The summed E-state index contributed by atoms with van der Waals surface area (Å²) < 4.78 is 2.33. The van der Waals surface area contributed by atoms with Gasteiger partial charge in [0.1, 0.15) is 0 Å². The molecule has 3 heterocycles. The van der Waals surface area contributed by atoms with Crippen LogP contribution < -0.4 is 29.7 Å². The van der Waals surface area contributed by atoms with E-state index in [0.717, 1.165) is 4.47 Å². The van der Waals surface area contributed by atoms with Crippen molar-refractivity contribution in [3.05, 3.63) is 157 Å². The van der Waals surface area contributed by atoms with Gasteiger partial charge in [-0.25, -0.2) is 12.2 Å². The van der Waals surface area contributed by atoms with Gasteiger partial charge in [-0.05, 0) is 41.4 Å². The Morgan fingerprint density at radius 3 is 2.05 bits per heavy atom. The molecular formula is C34H21Br2Cl2NSZr. The van der Waals surface area contributed by atoms with E-state index in [1.165, 1.54) is 54.2 Å². The topological polar surface area (TPSA) is 3.24 Å². The summed E-state index contributed by atoms with van der Waals surface area (Å²) in [5.74, 6) is 0.494. The summed E-state index contributed by atoms with van der Waals surface area (Å²) >= 11 is 9.12. The number of thiophene rings is 1. The molecule has 0 spiro atoms. The van der Waals surface area contributed by atoms with E-state index in [1.54, 1.807) is 11.3 Å². The van der Waals surface area contributed by atoms with Crippen molar-refractivity contribution in [1.82, 2.24) is 0 Å². The molecule has 0 N–H and O–H groups in total. The van der Waals surface area contributed by atoms with Gasteiger partial charge < -0.3 is 29.7 Å². The number of hydrogen-bond acceptors (Lipinski definition) is 2. The molecule has 9 rings (SSSR count). The van der Waals surface area contributed by atoms with Crippen molar-refractivity contribution in [3.8, 4) is 0 Å². The van der Waals surface area contributed by atoms with E-state index in [0.29, 0.717) is 0 Å². The van der Waals surface area contributed by atoms with Crippen LogP contribution in [0.4, 0.5) is 16.4 Å². The van der Waals surface area contributed by atoms with E-state index >= 15 is 0 Å². The first-order chi connectivity index (χ1) is 18.7. The second kappa shape index (κ2) is 13.7. The fraction of sp³-hybridized carbons (Fsp3) is 0.0588. The molecule has 41 heavy (non-hydrogen) atoms. The van der Waals surface area contributed by atoms with Crippen molar-refractivity contribution in [3.63, 3.8) is 0 Å². The minimum absolute atomic E-state index is 0. The van der Waals surface area contributed by atoms with Crippen LogP contribution in [0.15, 0.2) is 111 Å². The van der Waals surface area contributed by atoms with Crippen molar-refractivity contribution in [2.45, 2.75) is 11.8 Å². The third-order valence-corrected chi connectivity index (χ3v) is 9.50. The van der Waals surface area contributed by atoms with Crippen LogP contribution in [0, 0.1) is 12.2 Å². The number of halogens is 4. The van der Waals surface area contributed by atoms with E-state index in [2.05, 4.69) is 157 Å². The van der Waals surface area contributed by atoms with Crippen LogP contribution in [-0.2, 0) is 26.2 Å². The molecule has 2 atom stereocenters. The van der Waals surface area contributed by atoms with Gasteiger partial charge in [-0.1, -0.05) is 115 Å². The van der Waals surface area contributed by atoms with Crippen LogP contribution in [0.2, 0.25) is 0 Å². The Hall–Kier alpha value is -1.72. The van der Waals surface area contributed by atoms with Crippen LogP contribution in [0.3, 0.4) is 0 Å². The first-order valence-electron chi connectivity index (χ1n) is 12.5. The van der Waals surface area contributed by atoms with Crippen molar-refractivity contribution >= 4 is 71.7 Å². The minimum Gasteiger partial charge on any atom is -1.00 e. The molecule has 0 fully saturated rings. The second-order valence-corrected chi connectivity index (χ2v) is 12.0. The Morgan fingerprint density at radius 2 is 1.32 bits per heavy atom. The van der Waals surface area contributed by atoms with Crippen LogP contribution >= 0.6 is 43.2 Å². The van der Waals surface area contributed by atoms with Gasteiger partial charge in [0.25, 0.3) is 0 Å². The number of fused-ring (bicyclic) bond motifs is 3. The Balaban J connectivity index is 0.000000184. The Labute approximate surface area is 293 Å². The van der Waals surface area contributed by atoms with Gasteiger partial charge in [0.15, 0.2) is 0 Å². The van der Waals surface area contributed by atoms with Crippen molar-refractivity contribution in [2.24, 2.45) is 0 Å². The van der Waals surface area contributed by atoms with Gasteiger partial charge in [0.2, 0.25) is 0 Å². The quantitative estimate of drug-likeness (QED) is 0.235. The van der Waals surface area contributed by atoms with E-state index in [-0.39, 0.29) is 62.9 Å². The van der Waals surface area contributed by atoms with Gasteiger partial charge in [-0.3, -0.25) is 12.2 Å². The molecule has 2 unspecified atom stereocenters.